The Balaban J connectivity index is 1.98. The van der Waals surface area contributed by atoms with E-state index in [-0.39, 0.29) is 5.91 Å². The molecule has 1 amide bonds. The summed E-state index contributed by atoms with van der Waals surface area (Å²) in [6, 6.07) is 11.7. The van der Waals surface area contributed by atoms with Crippen molar-refractivity contribution >= 4 is 11.6 Å². The molecule has 0 radical (unpaired) electrons. The van der Waals surface area contributed by atoms with Gasteiger partial charge in [0.1, 0.15) is 11.5 Å². The molecule has 0 heterocycles. The highest BCUT2D eigenvalue weighted by Gasteiger charge is 2.07. The number of anilines is 1. The maximum atomic E-state index is 12.1. The largest absolute Gasteiger partial charge is 0.497 e. The minimum absolute atomic E-state index is 0.00298. The number of ether oxygens (including phenoxy) is 2. The fraction of sp³-hybridized carbons (Fsp3) is 0.316. The molecule has 0 aliphatic heterocycles. The van der Waals surface area contributed by atoms with E-state index in [2.05, 4.69) is 11.4 Å². The first-order valence-corrected chi connectivity index (χ1v) is 7.60. The Hall–Kier alpha value is -2.49. The zero-order chi connectivity index (χ0) is 16.8. The molecule has 0 aromatic heterocycles. The number of aryl methyl sites for hydroxylation is 3. The van der Waals surface area contributed by atoms with Crippen LogP contribution in [0.25, 0.3) is 0 Å². The average Bonchev–Trinajstić information content (AvgIpc) is 2.51. The molecule has 4 heteroatoms. The molecular formula is C19H23NO3. The molecule has 0 saturated carbocycles. The average molecular weight is 313 g/mol. The highest BCUT2D eigenvalue weighted by molar-refractivity contribution is 5.91. The second kappa shape index (κ2) is 7.68. The van der Waals surface area contributed by atoms with Crippen LogP contribution in [0.2, 0.25) is 0 Å². The molecule has 0 saturated heterocycles. The van der Waals surface area contributed by atoms with Crippen molar-refractivity contribution in [2.75, 3.05) is 19.5 Å². The lowest BCUT2D eigenvalue weighted by atomic mass is 10.1. The lowest BCUT2D eigenvalue weighted by Crippen LogP contribution is -2.12. The Morgan fingerprint density at radius 3 is 2.00 bits per heavy atom. The standard InChI is InChI=1S/C19H23NO3/c1-13-7-14(2)9-16(8-13)20-19(21)6-5-15-10-17(22-3)12-18(11-15)23-4/h7-12H,5-6H2,1-4H3,(H,20,21). The third kappa shape index (κ3) is 5.02. The highest BCUT2D eigenvalue weighted by atomic mass is 16.5. The maximum Gasteiger partial charge on any atom is 0.224 e. The highest BCUT2D eigenvalue weighted by Crippen LogP contribution is 2.23. The number of rotatable bonds is 6. The van der Waals surface area contributed by atoms with Crippen LogP contribution >= 0.6 is 0 Å². The molecule has 1 N–H and O–H groups in total. The van der Waals surface area contributed by atoms with Crippen LogP contribution in [0.1, 0.15) is 23.1 Å². The number of methoxy groups -OCH3 is 2. The van der Waals surface area contributed by atoms with Gasteiger partial charge in [-0.3, -0.25) is 4.79 Å². The number of nitrogens with one attached hydrogen (secondary N) is 1. The van der Waals surface area contributed by atoms with Gasteiger partial charge in [0.05, 0.1) is 14.2 Å². The van der Waals surface area contributed by atoms with Gasteiger partial charge in [0, 0.05) is 18.2 Å². The lowest BCUT2D eigenvalue weighted by Gasteiger charge is -2.10. The van der Waals surface area contributed by atoms with Gasteiger partial charge in [-0.1, -0.05) is 6.07 Å². The molecule has 0 unspecified atom stereocenters. The number of amides is 1. The van der Waals surface area contributed by atoms with Crippen LogP contribution < -0.4 is 14.8 Å². The van der Waals surface area contributed by atoms with E-state index in [1.54, 1.807) is 14.2 Å². The van der Waals surface area contributed by atoms with Gasteiger partial charge < -0.3 is 14.8 Å². The van der Waals surface area contributed by atoms with Crippen molar-refractivity contribution < 1.29 is 14.3 Å². The van der Waals surface area contributed by atoms with Crippen LogP contribution in [0.5, 0.6) is 11.5 Å². The van der Waals surface area contributed by atoms with Gasteiger partial charge in [-0.15, -0.1) is 0 Å². The van der Waals surface area contributed by atoms with Crippen molar-refractivity contribution in [2.24, 2.45) is 0 Å². The molecule has 4 nitrogen and oxygen atoms in total. The first-order chi connectivity index (χ1) is 11.0. The Labute approximate surface area is 137 Å². The summed E-state index contributed by atoms with van der Waals surface area (Å²) in [5.41, 5.74) is 4.13. The van der Waals surface area contributed by atoms with Gasteiger partial charge in [0.25, 0.3) is 0 Å². The zero-order valence-electron chi connectivity index (χ0n) is 14.1. The summed E-state index contributed by atoms with van der Waals surface area (Å²) in [5, 5.41) is 2.95. The Morgan fingerprint density at radius 2 is 1.48 bits per heavy atom. The molecule has 122 valence electrons. The van der Waals surface area contributed by atoms with E-state index in [0.29, 0.717) is 12.8 Å². The fourth-order valence-electron chi connectivity index (χ4n) is 2.54. The molecule has 2 aromatic carbocycles. The number of carbonyl (C=O) groups is 1. The van der Waals surface area contributed by atoms with E-state index >= 15 is 0 Å². The normalized spacial score (nSPS) is 10.3. The maximum absolute atomic E-state index is 12.1. The van der Waals surface area contributed by atoms with Gasteiger partial charge in [0.15, 0.2) is 0 Å². The third-order valence-corrected chi connectivity index (χ3v) is 3.56. The van der Waals surface area contributed by atoms with Gasteiger partial charge in [-0.2, -0.15) is 0 Å². The Kier molecular flexibility index (Phi) is 5.63. The summed E-state index contributed by atoms with van der Waals surface area (Å²) in [4.78, 5) is 12.1. The third-order valence-electron chi connectivity index (χ3n) is 3.56. The van der Waals surface area contributed by atoms with Crippen LogP contribution in [-0.4, -0.2) is 20.1 Å². The predicted octanol–water partition coefficient (Wildman–Crippen LogP) is 3.89. The number of benzene rings is 2. The fourth-order valence-corrected chi connectivity index (χ4v) is 2.54. The summed E-state index contributed by atoms with van der Waals surface area (Å²) < 4.78 is 10.5. The molecule has 0 fully saturated rings. The molecule has 0 aliphatic rings. The van der Waals surface area contributed by atoms with Crippen molar-refractivity contribution in [3.63, 3.8) is 0 Å². The smallest absolute Gasteiger partial charge is 0.224 e. The molecule has 0 bridgehead atoms. The molecule has 0 atom stereocenters. The van der Waals surface area contributed by atoms with E-state index in [1.807, 2.05) is 44.2 Å². The minimum atomic E-state index is -0.00298. The lowest BCUT2D eigenvalue weighted by molar-refractivity contribution is -0.116. The summed E-state index contributed by atoms with van der Waals surface area (Å²) >= 11 is 0. The van der Waals surface area contributed by atoms with Crippen molar-refractivity contribution in [1.82, 2.24) is 0 Å². The van der Waals surface area contributed by atoms with Gasteiger partial charge >= 0.3 is 0 Å². The summed E-state index contributed by atoms with van der Waals surface area (Å²) in [6.07, 6.45) is 1.04. The Morgan fingerprint density at radius 1 is 0.913 bits per heavy atom. The topological polar surface area (TPSA) is 47.6 Å². The van der Waals surface area contributed by atoms with Gasteiger partial charge in [-0.25, -0.2) is 0 Å². The first-order valence-electron chi connectivity index (χ1n) is 7.60. The molecule has 23 heavy (non-hydrogen) atoms. The quantitative estimate of drug-likeness (QED) is 0.880. The molecule has 2 aromatic rings. The number of hydrogen-bond donors (Lipinski definition) is 1. The molecular weight excluding hydrogens is 290 g/mol. The summed E-state index contributed by atoms with van der Waals surface area (Å²) in [7, 11) is 3.23. The van der Waals surface area contributed by atoms with Gasteiger partial charge in [-0.05, 0) is 61.2 Å². The molecule has 0 aliphatic carbocycles. The Bertz CT molecular complexity index is 653. The summed E-state index contributed by atoms with van der Waals surface area (Å²) in [6.45, 7) is 4.04. The second-order valence-corrected chi connectivity index (χ2v) is 5.65. The molecule has 2 rings (SSSR count). The van der Waals surface area contributed by atoms with E-state index in [0.717, 1.165) is 33.9 Å². The monoisotopic (exact) mass is 313 g/mol. The van der Waals surface area contributed by atoms with Gasteiger partial charge in [0.2, 0.25) is 5.91 Å². The zero-order valence-corrected chi connectivity index (χ0v) is 14.1. The first kappa shape index (κ1) is 16.9. The second-order valence-electron chi connectivity index (χ2n) is 5.65. The predicted molar refractivity (Wildman–Crippen MR) is 92.4 cm³/mol. The SMILES string of the molecule is COc1cc(CCC(=O)Nc2cc(C)cc(C)c2)cc(OC)c1. The van der Waals surface area contributed by atoms with E-state index < -0.39 is 0 Å². The number of carbonyl (C=O) groups excluding carboxylic acids is 1. The van der Waals surface area contributed by atoms with Crippen LogP contribution in [0.4, 0.5) is 5.69 Å². The van der Waals surface area contributed by atoms with Crippen LogP contribution in [0.3, 0.4) is 0 Å². The van der Waals surface area contributed by atoms with E-state index in [4.69, 9.17) is 9.47 Å². The van der Waals surface area contributed by atoms with Crippen molar-refractivity contribution in [1.29, 1.82) is 0 Å². The minimum Gasteiger partial charge on any atom is -0.497 e. The molecule has 0 spiro atoms. The van der Waals surface area contributed by atoms with Crippen LogP contribution in [-0.2, 0) is 11.2 Å². The summed E-state index contributed by atoms with van der Waals surface area (Å²) in [5.74, 6) is 1.46. The van der Waals surface area contributed by atoms with E-state index in [9.17, 15) is 4.79 Å². The van der Waals surface area contributed by atoms with Crippen molar-refractivity contribution in [3.8, 4) is 11.5 Å². The van der Waals surface area contributed by atoms with Crippen molar-refractivity contribution in [2.45, 2.75) is 26.7 Å². The van der Waals surface area contributed by atoms with Crippen molar-refractivity contribution in [3.05, 3.63) is 53.1 Å². The van der Waals surface area contributed by atoms with E-state index in [1.165, 1.54) is 0 Å². The number of hydrogen-bond acceptors (Lipinski definition) is 3. The van der Waals surface area contributed by atoms with Crippen LogP contribution in [0.15, 0.2) is 36.4 Å². The van der Waals surface area contributed by atoms with Crippen LogP contribution in [0, 0.1) is 13.8 Å².